The van der Waals surface area contributed by atoms with Crippen molar-refractivity contribution in [1.29, 1.82) is 0 Å². The second-order valence-electron chi connectivity index (χ2n) is 7.99. The van der Waals surface area contributed by atoms with Gasteiger partial charge in [-0.05, 0) is 22.8 Å². The van der Waals surface area contributed by atoms with Crippen LogP contribution in [0.15, 0.2) is 109 Å². The van der Waals surface area contributed by atoms with E-state index in [4.69, 9.17) is 21.4 Å². The number of aromatic nitrogens is 3. The molecule has 5 rings (SSSR count). The summed E-state index contributed by atoms with van der Waals surface area (Å²) in [4.78, 5) is 4.36. The Bertz CT molecular complexity index is 1320. The average molecular weight is 466 g/mol. The monoisotopic (exact) mass is 465 g/mol. The van der Waals surface area contributed by atoms with E-state index in [-0.39, 0.29) is 0 Å². The lowest BCUT2D eigenvalue weighted by molar-refractivity contribution is 0.234. The molecule has 0 aliphatic heterocycles. The van der Waals surface area contributed by atoms with E-state index in [0.29, 0.717) is 11.8 Å². The van der Waals surface area contributed by atoms with Crippen LogP contribution in [0.5, 0.6) is 0 Å². The van der Waals surface area contributed by atoms with Crippen molar-refractivity contribution in [3.63, 3.8) is 0 Å². The highest BCUT2D eigenvalue weighted by atomic mass is 35.5. The number of halogens is 1. The fourth-order valence-corrected chi connectivity index (χ4v) is 4.70. The van der Waals surface area contributed by atoms with Crippen LogP contribution in [0.2, 0.25) is 5.15 Å². The average Bonchev–Trinajstić information content (AvgIpc) is 3.24. The van der Waals surface area contributed by atoms with E-state index < -0.39 is 5.54 Å². The molecular weight excluding hydrogens is 442 g/mol. The molecule has 0 N–H and O–H groups in total. The van der Waals surface area contributed by atoms with Gasteiger partial charge in [-0.1, -0.05) is 109 Å². The van der Waals surface area contributed by atoms with Gasteiger partial charge in [-0.15, -0.1) is 0 Å². The quantitative estimate of drug-likeness (QED) is 0.201. The first-order chi connectivity index (χ1) is 16.7. The Kier molecular flexibility index (Phi) is 6.26. The van der Waals surface area contributed by atoms with E-state index in [1.54, 1.807) is 13.3 Å². The first-order valence-electron chi connectivity index (χ1n) is 11.1. The molecule has 0 aliphatic carbocycles. The van der Waals surface area contributed by atoms with Gasteiger partial charge in [-0.2, -0.15) is 5.10 Å². The predicted molar refractivity (Wildman–Crippen MR) is 138 cm³/mol. The zero-order chi connectivity index (χ0) is 23.4. The third-order valence-corrected chi connectivity index (χ3v) is 6.20. The molecule has 0 saturated carbocycles. The van der Waals surface area contributed by atoms with Crippen molar-refractivity contribution in [2.75, 3.05) is 13.7 Å². The van der Waals surface area contributed by atoms with Crippen LogP contribution in [0.3, 0.4) is 0 Å². The van der Waals surface area contributed by atoms with E-state index in [1.165, 1.54) is 0 Å². The second kappa shape index (κ2) is 9.64. The van der Waals surface area contributed by atoms with E-state index in [1.807, 2.05) is 36.4 Å². The van der Waals surface area contributed by atoms with Gasteiger partial charge in [0.1, 0.15) is 10.7 Å². The molecule has 0 amide bonds. The number of hydrogen-bond donors (Lipinski definition) is 0. The zero-order valence-electron chi connectivity index (χ0n) is 18.8. The molecular formula is C29H24ClN3O. The molecule has 0 fully saturated rings. The molecule has 2 heterocycles. The topological polar surface area (TPSA) is 39.9 Å². The Hall–Kier alpha value is -3.73. The lowest BCUT2D eigenvalue weighted by Crippen LogP contribution is -2.38. The van der Waals surface area contributed by atoms with E-state index in [0.717, 1.165) is 33.3 Å². The zero-order valence-corrected chi connectivity index (χ0v) is 19.6. The Labute approximate surface area is 204 Å². The van der Waals surface area contributed by atoms with Crippen LogP contribution in [-0.4, -0.2) is 28.5 Å². The maximum absolute atomic E-state index is 6.42. The van der Waals surface area contributed by atoms with Crippen molar-refractivity contribution in [3.05, 3.63) is 137 Å². The van der Waals surface area contributed by atoms with Gasteiger partial charge in [0.2, 0.25) is 0 Å². The second-order valence-corrected chi connectivity index (χ2v) is 8.37. The van der Waals surface area contributed by atoms with Gasteiger partial charge in [0.25, 0.3) is 0 Å². The van der Waals surface area contributed by atoms with Crippen LogP contribution < -0.4 is 0 Å². The SMILES string of the molecule is COC/C=C/c1nn(C(c2ccccc2)(c2ccccc2)c2ccccc2)c2cc(Cl)ncc12. The number of methoxy groups -OCH3 is 1. The molecule has 0 bridgehead atoms. The Morgan fingerprint density at radius 1 is 0.853 bits per heavy atom. The van der Waals surface area contributed by atoms with Crippen LogP contribution in [0.4, 0.5) is 0 Å². The number of fused-ring (bicyclic) bond motifs is 1. The lowest BCUT2D eigenvalue weighted by atomic mass is 9.77. The molecule has 5 heteroatoms. The molecule has 3 aromatic carbocycles. The summed E-state index contributed by atoms with van der Waals surface area (Å²) in [6.07, 6.45) is 5.72. The summed E-state index contributed by atoms with van der Waals surface area (Å²) in [5.41, 5.74) is 4.25. The smallest absolute Gasteiger partial charge is 0.138 e. The summed E-state index contributed by atoms with van der Waals surface area (Å²) < 4.78 is 7.30. The number of benzene rings is 3. The molecule has 0 unspecified atom stereocenters. The van der Waals surface area contributed by atoms with Crippen molar-refractivity contribution in [2.24, 2.45) is 0 Å². The molecule has 5 aromatic rings. The highest BCUT2D eigenvalue weighted by Crippen LogP contribution is 2.42. The Morgan fingerprint density at radius 2 is 1.38 bits per heavy atom. The van der Waals surface area contributed by atoms with Gasteiger partial charge in [0.15, 0.2) is 0 Å². The third-order valence-electron chi connectivity index (χ3n) is 5.99. The first kappa shape index (κ1) is 22.1. The number of ether oxygens (including phenoxy) is 1. The van der Waals surface area contributed by atoms with Crippen molar-refractivity contribution < 1.29 is 4.74 Å². The minimum atomic E-state index is -0.736. The van der Waals surface area contributed by atoms with Crippen LogP contribution >= 0.6 is 11.6 Å². The molecule has 0 atom stereocenters. The molecule has 168 valence electrons. The first-order valence-corrected chi connectivity index (χ1v) is 11.5. The molecule has 0 saturated heterocycles. The van der Waals surface area contributed by atoms with Gasteiger partial charge >= 0.3 is 0 Å². The Morgan fingerprint density at radius 3 is 1.88 bits per heavy atom. The number of nitrogens with zero attached hydrogens (tertiary/aromatic N) is 3. The summed E-state index contributed by atoms with van der Waals surface area (Å²) in [6, 6.07) is 33.3. The fourth-order valence-electron chi connectivity index (χ4n) is 4.55. The van der Waals surface area contributed by atoms with Gasteiger partial charge in [-0.25, -0.2) is 9.67 Å². The van der Waals surface area contributed by atoms with Crippen molar-refractivity contribution in [3.8, 4) is 0 Å². The third kappa shape index (κ3) is 3.81. The van der Waals surface area contributed by atoms with Gasteiger partial charge in [0, 0.05) is 24.8 Å². The summed E-state index contributed by atoms with van der Waals surface area (Å²) in [5, 5.41) is 6.52. The Balaban J connectivity index is 1.94. The maximum atomic E-state index is 6.42. The van der Waals surface area contributed by atoms with Gasteiger partial charge in [0.05, 0.1) is 17.8 Å². The molecule has 0 radical (unpaired) electrons. The van der Waals surface area contributed by atoms with Gasteiger partial charge < -0.3 is 4.74 Å². The van der Waals surface area contributed by atoms with Crippen LogP contribution in [0.1, 0.15) is 22.4 Å². The summed E-state index contributed by atoms with van der Waals surface area (Å²) in [7, 11) is 1.67. The summed E-state index contributed by atoms with van der Waals surface area (Å²) >= 11 is 6.42. The van der Waals surface area contributed by atoms with Crippen LogP contribution in [-0.2, 0) is 10.3 Å². The number of hydrogen-bond acceptors (Lipinski definition) is 3. The standard InChI is InChI=1S/C29H24ClN3O/c1-34-19-11-18-26-25-21-31-28(30)20-27(25)33(32-26)29(22-12-5-2-6-13-22,23-14-7-3-8-15-23)24-16-9-4-10-17-24/h2-18,20-21H,19H2,1H3/b18-11+. The maximum Gasteiger partial charge on any atom is 0.138 e. The normalized spacial score (nSPS) is 11.9. The predicted octanol–water partition coefficient (Wildman–Crippen LogP) is 6.58. The highest BCUT2D eigenvalue weighted by Gasteiger charge is 2.40. The van der Waals surface area contributed by atoms with Crippen LogP contribution in [0.25, 0.3) is 17.0 Å². The van der Waals surface area contributed by atoms with Crippen molar-refractivity contribution >= 4 is 28.6 Å². The molecule has 34 heavy (non-hydrogen) atoms. The minimum absolute atomic E-state index is 0.421. The minimum Gasteiger partial charge on any atom is -0.381 e. The van der Waals surface area contributed by atoms with Crippen molar-refractivity contribution in [2.45, 2.75) is 5.54 Å². The molecule has 0 aliphatic rings. The van der Waals surface area contributed by atoms with Gasteiger partial charge in [-0.3, -0.25) is 0 Å². The largest absolute Gasteiger partial charge is 0.381 e. The van der Waals surface area contributed by atoms with E-state index in [2.05, 4.69) is 82.5 Å². The summed E-state index contributed by atoms with van der Waals surface area (Å²) in [6.45, 7) is 0.497. The van der Waals surface area contributed by atoms with Crippen molar-refractivity contribution in [1.82, 2.24) is 14.8 Å². The number of rotatable bonds is 7. The van der Waals surface area contributed by atoms with E-state index >= 15 is 0 Å². The fraction of sp³-hybridized carbons (Fsp3) is 0.103. The van der Waals surface area contributed by atoms with Crippen LogP contribution in [0, 0.1) is 0 Å². The highest BCUT2D eigenvalue weighted by molar-refractivity contribution is 6.30. The van der Waals surface area contributed by atoms with E-state index in [9.17, 15) is 0 Å². The molecule has 4 nitrogen and oxygen atoms in total. The lowest BCUT2D eigenvalue weighted by Gasteiger charge is -2.37. The summed E-state index contributed by atoms with van der Waals surface area (Å²) in [5.74, 6) is 0. The number of pyridine rings is 1. The molecule has 2 aromatic heterocycles. The molecule has 0 spiro atoms.